The molecule has 1 atom stereocenters. The molecule has 3 aromatic rings. The molecule has 2 heterocycles. The van der Waals surface area contributed by atoms with Gasteiger partial charge in [-0.05, 0) is 48.4 Å². The summed E-state index contributed by atoms with van der Waals surface area (Å²) < 4.78 is 21.3. The summed E-state index contributed by atoms with van der Waals surface area (Å²) in [7, 11) is 1.58. The third kappa shape index (κ3) is 3.87. The van der Waals surface area contributed by atoms with Gasteiger partial charge in [-0.25, -0.2) is 0 Å². The Morgan fingerprint density at radius 1 is 1.10 bits per heavy atom. The summed E-state index contributed by atoms with van der Waals surface area (Å²) in [5.41, 5.74) is 1.26. The largest absolute Gasteiger partial charge is 0.497 e. The van der Waals surface area contributed by atoms with Crippen molar-refractivity contribution in [2.45, 2.75) is 19.9 Å². The maximum atomic E-state index is 12.7. The first-order valence-electron chi connectivity index (χ1n) is 9.23. The Labute approximate surface area is 167 Å². The number of hydrogen-bond acceptors (Lipinski definition) is 7. The number of fused-ring (bicyclic) bond motifs is 1. The minimum absolute atomic E-state index is 0.0438. The van der Waals surface area contributed by atoms with E-state index >= 15 is 0 Å². The van der Waals surface area contributed by atoms with Gasteiger partial charge in [0.1, 0.15) is 11.8 Å². The predicted octanol–water partition coefficient (Wildman–Crippen LogP) is 3.60. The molecule has 1 aliphatic rings. The van der Waals surface area contributed by atoms with Crippen LogP contribution in [0.3, 0.4) is 0 Å². The monoisotopic (exact) mass is 395 g/mol. The van der Waals surface area contributed by atoms with Crippen molar-refractivity contribution in [2.24, 2.45) is 5.92 Å². The Bertz CT molecular complexity index is 1010. The third-order valence-electron chi connectivity index (χ3n) is 4.64. The van der Waals surface area contributed by atoms with Crippen LogP contribution in [0.4, 0.5) is 0 Å². The van der Waals surface area contributed by atoms with Crippen LogP contribution in [0.2, 0.25) is 0 Å². The number of amides is 1. The van der Waals surface area contributed by atoms with Crippen molar-refractivity contribution < 1.29 is 23.5 Å². The molecular formula is C21H21N3O5. The summed E-state index contributed by atoms with van der Waals surface area (Å²) in [5, 5.41) is 7.04. The smallest absolute Gasteiger partial charge is 0.251 e. The minimum Gasteiger partial charge on any atom is -0.497 e. The van der Waals surface area contributed by atoms with E-state index in [1.165, 1.54) is 0 Å². The molecule has 1 aromatic heterocycles. The van der Waals surface area contributed by atoms with E-state index in [2.05, 4.69) is 15.5 Å². The highest BCUT2D eigenvalue weighted by molar-refractivity contribution is 5.94. The molecule has 29 heavy (non-hydrogen) atoms. The number of ether oxygens (including phenoxy) is 3. The lowest BCUT2D eigenvalue weighted by Crippen LogP contribution is -2.32. The van der Waals surface area contributed by atoms with Crippen molar-refractivity contribution in [3.63, 3.8) is 0 Å². The number of rotatable bonds is 6. The number of nitrogens with zero attached hydrogens (tertiary/aromatic N) is 2. The van der Waals surface area contributed by atoms with Crippen molar-refractivity contribution in [1.29, 1.82) is 0 Å². The van der Waals surface area contributed by atoms with E-state index in [1.54, 1.807) is 43.5 Å². The zero-order chi connectivity index (χ0) is 20.4. The number of carbonyl (C=O) groups is 1. The van der Waals surface area contributed by atoms with E-state index in [-0.39, 0.29) is 18.6 Å². The second-order valence-corrected chi connectivity index (χ2v) is 6.95. The van der Waals surface area contributed by atoms with E-state index in [0.717, 1.165) is 5.56 Å². The van der Waals surface area contributed by atoms with Gasteiger partial charge in [0.2, 0.25) is 18.5 Å². The van der Waals surface area contributed by atoms with Gasteiger partial charge >= 0.3 is 0 Å². The molecule has 0 saturated carbocycles. The summed E-state index contributed by atoms with van der Waals surface area (Å²) in [6.07, 6.45) is 0. The Balaban J connectivity index is 1.54. The summed E-state index contributed by atoms with van der Waals surface area (Å²) in [4.78, 5) is 17.2. The second-order valence-electron chi connectivity index (χ2n) is 6.95. The van der Waals surface area contributed by atoms with Crippen molar-refractivity contribution in [3.05, 3.63) is 53.9 Å². The van der Waals surface area contributed by atoms with Gasteiger partial charge < -0.3 is 24.1 Å². The maximum Gasteiger partial charge on any atom is 0.251 e. The molecule has 0 spiro atoms. The van der Waals surface area contributed by atoms with Crippen LogP contribution in [-0.2, 0) is 0 Å². The molecule has 0 saturated heterocycles. The molecule has 4 rings (SSSR count). The summed E-state index contributed by atoms with van der Waals surface area (Å²) in [6, 6.07) is 11.9. The predicted molar refractivity (Wildman–Crippen MR) is 104 cm³/mol. The highest BCUT2D eigenvalue weighted by Gasteiger charge is 2.26. The van der Waals surface area contributed by atoms with Crippen LogP contribution in [0.1, 0.15) is 36.1 Å². The van der Waals surface area contributed by atoms with Gasteiger partial charge in [0, 0.05) is 11.1 Å². The van der Waals surface area contributed by atoms with Crippen molar-refractivity contribution in [2.75, 3.05) is 13.9 Å². The van der Waals surface area contributed by atoms with Crippen molar-refractivity contribution in [3.8, 4) is 28.6 Å². The molecule has 2 aromatic carbocycles. The number of benzene rings is 2. The molecule has 8 heteroatoms. The van der Waals surface area contributed by atoms with Crippen LogP contribution < -0.4 is 19.5 Å². The highest BCUT2D eigenvalue weighted by atomic mass is 16.7. The standard InChI is InChI=1S/C21H21N3O5/c1-12(2)18(22-20(25)13-4-7-15(26-3)8-5-13)21-23-19(24-29-21)14-6-9-16-17(10-14)28-11-27-16/h4-10,12,18H,11H2,1-3H3,(H,22,25)/t18-/m0/s1. The number of carbonyl (C=O) groups excluding carboxylic acids is 1. The first kappa shape index (κ1) is 18.8. The van der Waals surface area contributed by atoms with Crippen LogP contribution >= 0.6 is 0 Å². The first-order chi connectivity index (χ1) is 14.0. The van der Waals surface area contributed by atoms with E-state index in [0.29, 0.717) is 34.5 Å². The van der Waals surface area contributed by atoms with E-state index in [4.69, 9.17) is 18.7 Å². The van der Waals surface area contributed by atoms with Crippen LogP contribution in [-0.4, -0.2) is 30.0 Å². The molecule has 0 radical (unpaired) electrons. The minimum atomic E-state index is -0.431. The van der Waals surface area contributed by atoms with Crippen LogP contribution in [0, 0.1) is 5.92 Å². The van der Waals surface area contributed by atoms with Crippen LogP contribution in [0.25, 0.3) is 11.4 Å². The Morgan fingerprint density at radius 2 is 1.86 bits per heavy atom. The zero-order valence-corrected chi connectivity index (χ0v) is 16.3. The summed E-state index contributed by atoms with van der Waals surface area (Å²) >= 11 is 0. The molecule has 0 unspecified atom stereocenters. The van der Waals surface area contributed by atoms with Crippen LogP contribution in [0.15, 0.2) is 47.0 Å². The Morgan fingerprint density at radius 3 is 2.59 bits per heavy atom. The molecule has 0 aliphatic carbocycles. The maximum absolute atomic E-state index is 12.7. The highest BCUT2D eigenvalue weighted by Crippen LogP contribution is 2.35. The Kier molecular flexibility index (Phi) is 5.07. The third-order valence-corrected chi connectivity index (χ3v) is 4.64. The fourth-order valence-electron chi connectivity index (χ4n) is 2.99. The van der Waals surface area contributed by atoms with Gasteiger partial charge in [-0.3, -0.25) is 4.79 Å². The number of methoxy groups -OCH3 is 1. The lowest BCUT2D eigenvalue weighted by atomic mass is 10.0. The summed E-state index contributed by atoms with van der Waals surface area (Å²) in [5.74, 6) is 2.59. The molecule has 1 amide bonds. The van der Waals surface area contributed by atoms with E-state index in [9.17, 15) is 4.79 Å². The van der Waals surface area contributed by atoms with Gasteiger partial charge in [-0.1, -0.05) is 19.0 Å². The first-order valence-corrected chi connectivity index (χ1v) is 9.23. The molecule has 1 aliphatic heterocycles. The molecule has 0 fully saturated rings. The fraction of sp³-hybridized carbons (Fsp3) is 0.286. The lowest BCUT2D eigenvalue weighted by molar-refractivity contribution is 0.0914. The molecule has 1 N–H and O–H groups in total. The molecule has 0 bridgehead atoms. The van der Waals surface area contributed by atoms with Gasteiger partial charge in [-0.15, -0.1) is 0 Å². The van der Waals surface area contributed by atoms with Gasteiger partial charge in [0.25, 0.3) is 5.91 Å². The quantitative estimate of drug-likeness (QED) is 0.681. The summed E-state index contributed by atoms with van der Waals surface area (Å²) in [6.45, 7) is 4.15. The zero-order valence-electron chi connectivity index (χ0n) is 16.3. The normalized spacial score (nSPS) is 13.4. The Hall–Kier alpha value is -3.55. The average Bonchev–Trinajstić information content (AvgIpc) is 3.40. The SMILES string of the molecule is COc1ccc(C(=O)N[C@H](c2nc(-c3ccc4c(c3)OCO4)no2)C(C)C)cc1. The van der Waals surface area contributed by atoms with Gasteiger partial charge in [0.05, 0.1) is 7.11 Å². The lowest BCUT2D eigenvalue weighted by Gasteiger charge is -2.18. The van der Waals surface area contributed by atoms with E-state index < -0.39 is 6.04 Å². The van der Waals surface area contributed by atoms with Crippen molar-refractivity contribution >= 4 is 5.91 Å². The van der Waals surface area contributed by atoms with E-state index in [1.807, 2.05) is 19.9 Å². The van der Waals surface area contributed by atoms with Gasteiger partial charge in [0.15, 0.2) is 11.5 Å². The average molecular weight is 395 g/mol. The topological polar surface area (TPSA) is 95.7 Å². The molecular weight excluding hydrogens is 374 g/mol. The number of aromatic nitrogens is 2. The fourth-order valence-corrected chi connectivity index (χ4v) is 2.99. The van der Waals surface area contributed by atoms with Gasteiger partial charge in [-0.2, -0.15) is 4.98 Å². The molecule has 150 valence electrons. The van der Waals surface area contributed by atoms with Crippen LogP contribution in [0.5, 0.6) is 17.2 Å². The van der Waals surface area contributed by atoms with Crippen molar-refractivity contribution in [1.82, 2.24) is 15.5 Å². The number of nitrogens with one attached hydrogen (secondary N) is 1. The number of hydrogen-bond donors (Lipinski definition) is 1. The second kappa shape index (κ2) is 7.83. The molecule has 8 nitrogen and oxygen atoms in total.